The predicted molar refractivity (Wildman–Crippen MR) is 71.3 cm³/mol. The molecule has 2 rings (SSSR count). The second kappa shape index (κ2) is 4.78. The van der Waals surface area contributed by atoms with Crippen LogP contribution in [0.15, 0.2) is 52.2 Å². The van der Waals surface area contributed by atoms with Crippen LogP contribution >= 0.6 is 11.6 Å². The Morgan fingerprint density at radius 1 is 0.944 bits per heavy atom. The summed E-state index contributed by atoms with van der Waals surface area (Å²) in [6.45, 7) is 3.24. The summed E-state index contributed by atoms with van der Waals surface area (Å²) in [5.74, 6) is -0.534. The highest BCUT2D eigenvalue weighted by Gasteiger charge is 2.29. The first-order valence-electron chi connectivity index (χ1n) is 5.51. The van der Waals surface area contributed by atoms with Crippen LogP contribution in [0, 0.1) is 0 Å². The van der Waals surface area contributed by atoms with Gasteiger partial charge in [0.2, 0.25) is 11.6 Å². The van der Waals surface area contributed by atoms with Gasteiger partial charge in [0.1, 0.15) is 10.7 Å². The van der Waals surface area contributed by atoms with Gasteiger partial charge in [0.15, 0.2) is 0 Å². The summed E-state index contributed by atoms with van der Waals surface area (Å²) in [5.41, 5.74) is 1.71. The molecule has 0 unspecified atom stereocenters. The number of carbonyl (C=O) groups is 2. The molecule has 0 saturated carbocycles. The zero-order valence-electron chi connectivity index (χ0n) is 10.1. The molecule has 1 aliphatic carbocycles. The van der Waals surface area contributed by atoms with Crippen LogP contribution in [0.3, 0.4) is 0 Å². The molecule has 0 spiro atoms. The Balaban J connectivity index is 2.39. The first-order chi connectivity index (χ1) is 8.52. The molecule has 3 nitrogen and oxygen atoms in total. The molecule has 0 amide bonds. The van der Waals surface area contributed by atoms with Crippen LogP contribution in [0.25, 0.3) is 0 Å². The van der Waals surface area contributed by atoms with Gasteiger partial charge in [-0.3, -0.25) is 9.59 Å². The zero-order chi connectivity index (χ0) is 13.3. The van der Waals surface area contributed by atoms with Crippen LogP contribution in [0.2, 0.25) is 0 Å². The molecule has 1 aliphatic rings. The second-order valence-electron chi connectivity index (χ2n) is 4.09. The number of benzene rings is 1. The van der Waals surface area contributed by atoms with E-state index in [0.717, 1.165) is 5.69 Å². The lowest BCUT2D eigenvalue weighted by atomic mass is 9.94. The molecule has 0 fully saturated rings. The van der Waals surface area contributed by atoms with Crippen LogP contribution in [0.4, 0.5) is 5.69 Å². The van der Waals surface area contributed by atoms with E-state index in [2.05, 4.69) is 5.32 Å². The van der Waals surface area contributed by atoms with E-state index in [1.165, 1.54) is 0 Å². The first kappa shape index (κ1) is 12.6. The fourth-order valence-corrected chi connectivity index (χ4v) is 1.96. The average molecular weight is 262 g/mol. The fourth-order valence-electron chi connectivity index (χ4n) is 1.68. The SMILES string of the molecule is CC1=C(C)C(=O)C(Nc2ccccc2)=C(Cl)C1=O. The van der Waals surface area contributed by atoms with Gasteiger partial charge in [-0.1, -0.05) is 29.8 Å². The number of para-hydroxylation sites is 1. The van der Waals surface area contributed by atoms with Crippen LogP contribution < -0.4 is 5.32 Å². The summed E-state index contributed by atoms with van der Waals surface area (Å²) in [5, 5.41) is 2.86. The monoisotopic (exact) mass is 261 g/mol. The molecular weight excluding hydrogens is 250 g/mol. The zero-order valence-corrected chi connectivity index (χ0v) is 10.8. The fraction of sp³-hybridized carbons (Fsp3) is 0.143. The van der Waals surface area contributed by atoms with Gasteiger partial charge in [-0.25, -0.2) is 0 Å². The quantitative estimate of drug-likeness (QED) is 0.833. The van der Waals surface area contributed by atoms with E-state index in [4.69, 9.17) is 11.6 Å². The van der Waals surface area contributed by atoms with Gasteiger partial charge in [-0.2, -0.15) is 0 Å². The topological polar surface area (TPSA) is 46.2 Å². The van der Waals surface area contributed by atoms with E-state index < -0.39 is 0 Å². The smallest absolute Gasteiger partial charge is 0.206 e. The molecule has 0 aromatic heterocycles. The predicted octanol–water partition coefficient (Wildman–Crippen LogP) is 3.04. The van der Waals surface area contributed by atoms with Crippen molar-refractivity contribution in [1.29, 1.82) is 0 Å². The van der Waals surface area contributed by atoms with Gasteiger partial charge in [-0.05, 0) is 26.0 Å². The Kier molecular flexibility index (Phi) is 3.34. The lowest BCUT2D eigenvalue weighted by molar-refractivity contribution is -0.116. The number of hydrogen-bond acceptors (Lipinski definition) is 3. The van der Waals surface area contributed by atoms with Crippen molar-refractivity contribution in [2.45, 2.75) is 13.8 Å². The number of carbonyl (C=O) groups excluding carboxylic acids is 2. The van der Waals surface area contributed by atoms with Crippen molar-refractivity contribution in [3.05, 3.63) is 52.2 Å². The summed E-state index contributed by atoms with van der Waals surface area (Å²) < 4.78 is 0. The van der Waals surface area contributed by atoms with E-state index in [1.807, 2.05) is 18.2 Å². The molecule has 0 bridgehead atoms. The van der Waals surface area contributed by atoms with E-state index in [-0.39, 0.29) is 22.3 Å². The van der Waals surface area contributed by atoms with Crippen LogP contribution in [0.5, 0.6) is 0 Å². The van der Waals surface area contributed by atoms with E-state index in [1.54, 1.807) is 26.0 Å². The molecule has 4 heteroatoms. The highest BCUT2D eigenvalue weighted by molar-refractivity contribution is 6.49. The molecule has 0 saturated heterocycles. The van der Waals surface area contributed by atoms with Crippen molar-refractivity contribution in [2.24, 2.45) is 0 Å². The Bertz CT molecular complexity index is 585. The van der Waals surface area contributed by atoms with E-state index in [0.29, 0.717) is 11.1 Å². The Morgan fingerprint density at radius 2 is 1.50 bits per heavy atom. The maximum absolute atomic E-state index is 12.1. The highest BCUT2D eigenvalue weighted by atomic mass is 35.5. The molecule has 0 aliphatic heterocycles. The van der Waals surface area contributed by atoms with Crippen molar-refractivity contribution >= 4 is 28.9 Å². The third kappa shape index (κ3) is 2.09. The van der Waals surface area contributed by atoms with Crippen molar-refractivity contribution in [2.75, 3.05) is 5.32 Å². The van der Waals surface area contributed by atoms with Crippen molar-refractivity contribution in [3.8, 4) is 0 Å². The number of hydrogen-bond donors (Lipinski definition) is 1. The minimum Gasteiger partial charge on any atom is -0.351 e. The first-order valence-corrected chi connectivity index (χ1v) is 5.89. The molecular formula is C14H12ClNO2. The van der Waals surface area contributed by atoms with Gasteiger partial charge in [-0.15, -0.1) is 0 Å². The van der Waals surface area contributed by atoms with Gasteiger partial charge in [0.05, 0.1) is 0 Å². The van der Waals surface area contributed by atoms with Gasteiger partial charge in [0, 0.05) is 16.8 Å². The molecule has 0 radical (unpaired) electrons. The molecule has 1 N–H and O–H groups in total. The van der Waals surface area contributed by atoms with Gasteiger partial charge >= 0.3 is 0 Å². The lowest BCUT2D eigenvalue weighted by Gasteiger charge is -2.18. The van der Waals surface area contributed by atoms with Crippen molar-refractivity contribution < 1.29 is 9.59 Å². The van der Waals surface area contributed by atoms with Crippen LogP contribution in [0.1, 0.15) is 13.8 Å². The summed E-state index contributed by atoms with van der Waals surface area (Å²) in [6.07, 6.45) is 0. The number of ketones is 2. The average Bonchev–Trinajstić information content (AvgIpc) is 2.40. The maximum Gasteiger partial charge on any atom is 0.206 e. The molecule has 0 atom stereocenters. The molecule has 18 heavy (non-hydrogen) atoms. The minimum absolute atomic E-state index is 0.0491. The summed E-state index contributed by atoms with van der Waals surface area (Å²) in [4.78, 5) is 23.9. The Labute approximate surface area is 110 Å². The normalized spacial score (nSPS) is 16.4. The molecule has 1 aromatic rings. The third-order valence-electron chi connectivity index (χ3n) is 2.93. The number of anilines is 1. The number of Topliss-reactive ketones (excluding diaryl/α,β-unsaturated/α-hetero) is 2. The van der Waals surface area contributed by atoms with Crippen molar-refractivity contribution in [3.63, 3.8) is 0 Å². The molecule has 1 aromatic carbocycles. The number of rotatable bonds is 2. The summed E-state index contributed by atoms with van der Waals surface area (Å²) >= 11 is 5.95. The summed E-state index contributed by atoms with van der Waals surface area (Å²) in [7, 11) is 0. The molecule has 0 heterocycles. The lowest BCUT2D eigenvalue weighted by Crippen LogP contribution is -2.24. The van der Waals surface area contributed by atoms with Gasteiger partial charge < -0.3 is 5.32 Å². The maximum atomic E-state index is 12.1. The standard InChI is InChI=1S/C14H12ClNO2/c1-8-9(2)14(18)12(11(15)13(8)17)16-10-6-4-3-5-7-10/h3-7,16H,1-2H3. The van der Waals surface area contributed by atoms with Crippen LogP contribution in [-0.2, 0) is 9.59 Å². The van der Waals surface area contributed by atoms with Crippen molar-refractivity contribution in [1.82, 2.24) is 0 Å². The second-order valence-corrected chi connectivity index (χ2v) is 4.47. The highest BCUT2D eigenvalue weighted by Crippen LogP contribution is 2.27. The van der Waals surface area contributed by atoms with Gasteiger partial charge in [0.25, 0.3) is 0 Å². The minimum atomic E-state index is -0.299. The number of nitrogens with one attached hydrogen (secondary N) is 1. The Hall–Kier alpha value is -1.87. The van der Waals surface area contributed by atoms with E-state index >= 15 is 0 Å². The number of allylic oxidation sites excluding steroid dienone is 3. The molecule has 92 valence electrons. The summed E-state index contributed by atoms with van der Waals surface area (Å²) in [6, 6.07) is 9.13. The number of halogens is 1. The third-order valence-corrected chi connectivity index (χ3v) is 3.29. The van der Waals surface area contributed by atoms with E-state index in [9.17, 15) is 9.59 Å². The Morgan fingerprint density at radius 3 is 2.11 bits per heavy atom. The van der Waals surface area contributed by atoms with Crippen LogP contribution in [-0.4, -0.2) is 11.6 Å². The largest absolute Gasteiger partial charge is 0.351 e.